The highest BCUT2D eigenvalue weighted by Crippen LogP contribution is 2.63. The van der Waals surface area contributed by atoms with Gasteiger partial charge in [0.05, 0.1) is 26.1 Å². The molecule has 4 heterocycles. The lowest BCUT2D eigenvalue weighted by Crippen LogP contribution is -2.59. The van der Waals surface area contributed by atoms with E-state index in [1.54, 1.807) is 40.8 Å². The molecule has 2 amide bonds. The summed E-state index contributed by atoms with van der Waals surface area (Å²) in [7, 11) is 5.23. The summed E-state index contributed by atoms with van der Waals surface area (Å²) in [4.78, 5) is 55.0. The number of imidazole rings is 1. The van der Waals surface area contributed by atoms with Crippen molar-refractivity contribution in [2.24, 2.45) is 23.7 Å². The molecule has 3 aromatic rings. The van der Waals surface area contributed by atoms with Crippen LogP contribution in [0.5, 0.6) is 5.75 Å². The predicted octanol–water partition coefficient (Wildman–Crippen LogP) is 2.74. The van der Waals surface area contributed by atoms with E-state index in [0.717, 1.165) is 43.1 Å². The molecule has 10 rings (SSSR count). The maximum atomic E-state index is 14.1. The van der Waals surface area contributed by atoms with Crippen molar-refractivity contribution >= 4 is 29.0 Å². The summed E-state index contributed by atoms with van der Waals surface area (Å²) in [6.07, 6.45) is 6.33. The Balaban J connectivity index is 0.890. The number of alkyl carbamates (subject to hydrolysis) is 1. The van der Waals surface area contributed by atoms with Crippen LogP contribution in [0.2, 0.25) is 0 Å². The predicted molar refractivity (Wildman–Crippen MR) is 197 cm³/mol. The number of ether oxygens (including phenoxy) is 4. The molecule has 4 bridgehead atoms. The maximum Gasteiger partial charge on any atom is 0.408 e. The largest absolute Gasteiger partial charge is 0.497 e. The number of fused-ring (bicyclic) bond motifs is 1. The number of aliphatic hydroxyl groups is 2. The molecule has 7 unspecified atom stereocenters. The minimum absolute atomic E-state index is 0.0974. The van der Waals surface area contributed by atoms with Crippen LogP contribution in [0, 0.1) is 23.7 Å². The van der Waals surface area contributed by atoms with Crippen LogP contribution in [-0.2, 0) is 35.2 Å². The monoisotopic (exact) mass is 777 g/mol. The number of aliphatic hydroxyl groups excluding tert-OH is 2. The molecular weight excluding hydrogens is 726 g/mol. The van der Waals surface area contributed by atoms with Gasteiger partial charge in [-0.2, -0.15) is 9.78 Å². The minimum Gasteiger partial charge on any atom is -0.497 e. The van der Waals surface area contributed by atoms with Gasteiger partial charge in [0, 0.05) is 45.2 Å². The topological polar surface area (TPSA) is 201 Å². The molecule has 7 atom stereocenters. The number of carbonyl (C=O) groups is 2. The van der Waals surface area contributed by atoms with E-state index in [0.29, 0.717) is 60.3 Å². The zero-order valence-corrected chi connectivity index (χ0v) is 31.9. The van der Waals surface area contributed by atoms with Crippen molar-refractivity contribution in [2.75, 3.05) is 32.7 Å². The first-order valence-corrected chi connectivity index (χ1v) is 19.8. The molecule has 4 N–H and O–H groups in total. The molecular formula is C39H51N7O10. The normalized spacial score (nSPS) is 36.3. The fraction of sp³-hybridized carbons (Fsp3) is 0.667. The van der Waals surface area contributed by atoms with E-state index < -0.39 is 66.8 Å². The first-order valence-electron chi connectivity index (χ1n) is 19.8. The summed E-state index contributed by atoms with van der Waals surface area (Å²) in [6.45, 7) is -0.497. The number of nitrogens with zero attached hydrogens (tertiary/aromatic N) is 5. The van der Waals surface area contributed by atoms with Crippen molar-refractivity contribution < 1.29 is 48.5 Å². The molecule has 7 aliphatic rings. The second-order valence-corrected chi connectivity index (χ2v) is 16.8. The Hall–Kier alpha value is -4.13. The molecule has 5 aliphatic carbocycles. The fourth-order valence-electron chi connectivity index (χ4n) is 10.5. The van der Waals surface area contributed by atoms with E-state index in [1.165, 1.54) is 19.1 Å². The zero-order chi connectivity index (χ0) is 38.8. The molecule has 302 valence electrons. The number of anilines is 1. The van der Waals surface area contributed by atoms with Gasteiger partial charge in [-0.05, 0) is 74.5 Å². The number of hydrogen-bond donors (Lipinski definition) is 4. The van der Waals surface area contributed by atoms with Crippen LogP contribution in [0.15, 0.2) is 36.9 Å². The van der Waals surface area contributed by atoms with Gasteiger partial charge >= 0.3 is 6.09 Å². The van der Waals surface area contributed by atoms with Crippen molar-refractivity contribution in [3.63, 3.8) is 0 Å². The van der Waals surface area contributed by atoms with Crippen molar-refractivity contribution in [1.82, 2.24) is 30.2 Å². The second-order valence-electron chi connectivity index (χ2n) is 16.8. The Morgan fingerprint density at radius 1 is 1.05 bits per heavy atom. The molecule has 17 heteroatoms. The molecule has 7 fully saturated rings. The fourth-order valence-corrected chi connectivity index (χ4v) is 10.5. The first kappa shape index (κ1) is 37.4. The highest BCUT2D eigenvalue weighted by atomic mass is 17.3. The molecule has 1 aromatic carbocycles. The number of benzene rings is 1. The summed E-state index contributed by atoms with van der Waals surface area (Å²) in [5.74, 6) is 1.01. The smallest absolute Gasteiger partial charge is 0.408 e. The van der Waals surface area contributed by atoms with Crippen molar-refractivity contribution in [1.29, 1.82) is 0 Å². The summed E-state index contributed by atoms with van der Waals surface area (Å²) in [5.41, 5.74) is 1.66. The third-order valence-electron chi connectivity index (χ3n) is 13.0. The third kappa shape index (κ3) is 6.65. The number of hydrogen-bond acceptors (Lipinski definition) is 14. The standard InChI is InChI=1S/C39H51N7O10/c1-45(2)33-31-34(41-19-40-33)46(20-42-31)36-32(48)30(29(18-47)53-36)44-35(49)28(16-21-6-8-26(51-3)9-7-21)43-37(50)52-27-5-4-10-38(17-27)54-39(56-55-38)24-12-22-11-23(14-24)15-25(39)13-22/h6-9,19-20,22-25,27-30,32,36,47-48H,4-5,10-18H2,1-3H3,(H,43,50)(H,44,49). The van der Waals surface area contributed by atoms with E-state index in [-0.39, 0.29) is 6.42 Å². The lowest BCUT2D eigenvalue weighted by molar-refractivity contribution is -0.390. The summed E-state index contributed by atoms with van der Waals surface area (Å²) in [6, 6.07) is 4.98. The van der Waals surface area contributed by atoms with Gasteiger partial charge in [-0.25, -0.2) is 19.7 Å². The van der Waals surface area contributed by atoms with Crippen molar-refractivity contribution in [3.8, 4) is 5.75 Å². The lowest BCUT2D eigenvalue weighted by atomic mass is 9.53. The van der Waals surface area contributed by atoms with E-state index in [4.69, 9.17) is 28.7 Å². The van der Waals surface area contributed by atoms with Crippen LogP contribution in [0.4, 0.5) is 10.6 Å². The molecule has 2 aromatic heterocycles. The van der Waals surface area contributed by atoms with Crippen LogP contribution >= 0.6 is 0 Å². The molecule has 56 heavy (non-hydrogen) atoms. The minimum atomic E-state index is -1.32. The Labute approximate surface area is 324 Å². The Bertz CT molecular complexity index is 1900. The van der Waals surface area contributed by atoms with Crippen LogP contribution in [-0.4, -0.2) is 112 Å². The lowest BCUT2D eigenvalue weighted by Gasteiger charge is -2.57. The molecule has 0 radical (unpaired) electrons. The third-order valence-corrected chi connectivity index (χ3v) is 13.0. The SMILES string of the molecule is COc1ccc(CC(NC(=O)OC2CCCC3(C2)OOC2(O3)C3CC4CC(C3)CC2C4)C(=O)NC2C(CO)OC(n3cnc4c(N(C)C)ncnc43)C2O)cc1. The van der Waals surface area contributed by atoms with Crippen LogP contribution in [0.3, 0.4) is 0 Å². The molecule has 2 saturated heterocycles. The van der Waals surface area contributed by atoms with Crippen LogP contribution in [0.25, 0.3) is 11.2 Å². The van der Waals surface area contributed by atoms with Crippen molar-refractivity contribution in [2.45, 2.75) is 112 Å². The number of aromatic nitrogens is 4. The van der Waals surface area contributed by atoms with E-state index in [2.05, 4.69) is 25.6 Å². The number of nitrogens with one attached hydrogen (secondary N) is 2. The summed E-state index contributed by atoms with van der Waals surface area (Å²) in [5, 5.41) is 27.5. The van der Waals surface area contributed by atoms with Crippen LogP contribution in [0.1, 0.15) is 69.6 Å². The van der Waals surface area contributed by atoms with Gasteiger partial charge in [-0.15, -0.1) is 0 Å². The number of methoxy groups -OCH3 is 1. The van der Waals surface area contributed by atoms with E-state index in [9.17, 15) is 19.8 Å². The van der Waals surface area contributed by atoms with Gasteiger partial charge in [0.25, 0.3) is 0 Å². The molecule has 2 spiro atoms. The maximum absolute atomic E-state index is 14.1. The molecule has 2 aliphatic heterocycles. The Kier molecular flexibility index (Phi) is 9.81. The van der Waals surface area contributed by atoms with Crippen molar-refractivity contribution in [3.05, 3.63) is 42.5 Å². The van der Waals surface area contributed by atoms with E-state index >= 15 is 0 Å². The number of amides is 2. The number of carbonyl (C=O) groups excluding carboxylic acids is 2. The zero-order valence-electron chi connectivity index (χ0n) is 31.9. The average Bonchev–Trinajstić information content (AvgIpc) is 3.87. The van der Waals surface area contributed by atoms with Crippen LogP contribution < -0.4 is 20.3 Å². The van der Waals surface area contributed by atoms with Gasteiger partial charge in [-0.1, -0.05) is 12.1 Å². The second kappa shape index (κ2) is 14.7. The van der Waals surface area contributed by atoms with Gasteiger partial charge in [0.1, 0.15) is 36.4 Å². The van der Waals surface area contributed by atoms with Gasteiger partial charge < -0.3 is 44.7 Å². The molecule has 5 saturated carbocycles. The Morgan fingerprint density at radius 3 is 2.50 bits per heavy atom. The summed E-state index contributed by atoms with van der Waals surface area (Å²) < 4.78 is 25.8. The quantitative estimate of drug-likeness (QED) is 0.219. The Morgan fingerprint density at radius 2 is 1.80 bits per heavy atom. The van der Waals surface area contributed by atoms with Gasteiger partial charge in [-0.3, -0.25) is 9.36 Å². The summed E-state index contributed by atoms with van der Waals surface area (Å²) >= 11 is 0. The first-order chi connectivity index (χ1) is 27.1. The molecule has 17 nitrogen and oxygen atoms in total. The number of rotatable bonds is 10. The highest BCUT2D eigenvalue weighted by molar-refractivity contribution is 5.86. The van der Waals surface area contributed by atoms with Gasteiger partial charge in [0.15, 0.2) is 23.2 Å². The van der Waals surface area contributed by atoms with Gasteiger partial charge in [0.2, 0.25) is 17.5 Å². The average molecular weight is 778 g/mol. The highest BCUT2D eigenvalue weighted by Gasteiger charge is 2.67. The van der Waals surface area contributed by atoms with E-state index in [1.807, 2.05) is 14.1 Å².